The van der Waals surface area contributed by atoms with Crippen LogP contribution in [-0.4, -0.2) is 11.9 Å². The summed E-state index contributed by atoms with van der Waals surface area (Å²) in [6.07, 6.45) is 0. The van der Waals surface area contributed by atoms with Crippen molar-refractivity contribution in [2.75, 3.05) is 10.6 Å². The van der Waals surface area contributed by atoms with Gasteiger partial charge in [0.1, 0.15) is 17.7 Å². The first-order valence-electron chi connectivity index (χ1n) is 9.87. The lowest BCUT2D eigenvalue weighted by Gasteiger charge is -2.20. The Labute approximate surface area is 183 Å². The number of amides is 3. The maximum absolute atomic E-state index is 14.0. The van der Waals surface area contributed by atoms with Crippen LogP contribution >= 0.6 is 0 Å². The van der Waals surface area contributed by atoms with Gasteiger partial charge in [-0.15, -0.1) is 0 Å². The largest absolute Gasteiger partial charge is 0.322 e. The molecule has 0 bridgehead atoms. The van der Waals surface area contributed by atoms with Crippen LogP contribution in [0.2, 0.25) is 0 Å². The lowest BCUT2D eigenvalue weighted by atomic mass is 10.1. The van der Waals surface area contributed by atoms with Crippen LogP contribution in [0.3, 0.4) is 0 Å². The van der Waals surface area contributed by atoms with Gasteiger partial charge < -0.3 is 16.0 Å². The second-order valence-electron chi connectivity index (χ2n) is 7.08. The van der Waals surface area contributed by atoms with Gasteiger partial charge in [0.2, 0.25) is 0 Å². The van der Waals surface area contributed by atoms with Crippen molar-refractivity contribution < 1.29 is 18.4 Å². The molecule has 0 saturated heterocycles. The highest BCUT2D eigenvalue weighted by Gasteiger charge is 2.24. The normalized spacial score (nSPS) is 11.6. The van der Waals surface area contributed by atoms with E-state index < -0.39 is 29.6 Å². The van der Waals surface area contributed by atoms with Gasteiger partial charge in [-0.25, -0.2) is 13.6 Å². The van der Waals surface area contributed by atoms with E-state index in [1.54, 1.807) is 36.4 Å². The monoisotopic (exact) mass is 431 g/mol. The maximum atomic E-state index is 14.0. The molecule has 3 amide bonds. The molecule has 0 heterocycles. The zero-order valence-corrected chi connectivity index (χ0v) is 16.8. The molecular weight excluding hydrogens is 412 g/mol. The average molecular weight is 431 g/mol. The summed E-state index contributed by atoms with van der Waals surface area (Å²) in [5, 5.41) is 9.52. The minimum absolute atomic E-state index is 0.313. The summed E-state index contributed by atoms with van der Waals surface area (Å²) in [4.78, 5) is 25.7. The van der Waals surface area contributed by atoms with Crippen molar-refractivity contribution in [1.29, 1.82) is 0 Å². The van der Waals surface area contributed by atoms with Crippen LogP contribution in [0.4, 0.5) is 25.0 Å². The maximum Gasteiger partial charge on any atom is 0.320 e. The summed E-state index contributed by atoms with van der Waals surface area (Å²) < 4.78 is 27.5. The number of hydrogen-bond acceptors (Lipinski definition) is 2. The van der Waals surface area contributed by atoms with Gasteiger partial charge in [0, 0.05) is 11.5 Å². The van der Waals surface area contributed by atoms with Gasteiger partial charge in [-0.05, 0) is 29.1 Å². The van der Waals surface area contributed by atoms with Gasteiger partial charge in [0.05, 0.1) is 11.4 Å². The van der Waals surface area contributed by atoms with E-state index >= 15 is 0 Å². The third-order valence-corrected chi connectivity index (χ3v) is 4.89. The molecule has 0 aliphatic heterocycles. The van der Waals surface area contributed by atoms with Crippen molar-refractivity contribution >= 4 is 34.1 Å². The quantitative estimate of drug-likeness (QED) is 0.384. The molecule has 4 rings (SSSR count). The molecule has 3 N–H and O–H groups in total. The van der Waals surface area contributed by atoms with E-state index in [1.165, 1.54) is 0 Å². The first kappa shape index (κ1) is 21.0. The summed E-state index contributed by atoms with van der Waals surface area (Å²) in [5.74, 6) is -2.19. The highest BCUT2D eigenvalue weighted by atomic mass is 19.1. The molecule has 1 atom stereocenters. The van der Waals surface area contributed by atoms with Gasteiger partial charge in [0.15, 0.2) is 0 Å². The highest BCUT2D eigenvalue weighted by Crippen LogP contribution is 2.24. The first-order chi connectivity index (χ1) is 15.5. The van der Waals surface area contributed by atoms with Crippen LogP contribution in [-0.2, 0) is 4.79 Å². The lowest BCUT2D eigenvalue weighted by molar-refractivity contribution is -0.118. The highest BCUT2D eigenvalue weighted by molar-refractivity contribution is 6.04. The Morgan fingerprint density at radius 1 is 0.719 bits per heavy atom. The summed E-state index contributed by atoms with van der Waals surface area (Å²) >= 11 is 0. The Balaban J connectivity index is 1.57. The number of nitrogens with one attached hydrogen (secondary N) is 3. The Bertz CT molecular complexity index is 1270. The molecule has 0 unspecified atom stereocenters. The van der Waals surface area contributed by atoms with E-state index in [4.69, 9.17) is 0 Å². The predicted octanol–water partition coefficient (Wildman–Crippen LogP) is 5.62. The molecule has 0 aliphatic rings. The summed E-state index contributed by atoms with van der Waals surface area (Å²) in [7, 11) is 0. The topological polar surface area (TPSA) is 70.2 Å². The van der Waals surface area contributed by atoms with Gasteiger partial charge in [-0.3, -0.25) is 4.79 Å². The van der Waals surface area contributed by atoms with Crippen molar-refractivity contribution in [2.45, 2.75) is 6.04 Å². The Morgan fingerprint density at radius 3 is 2.25 bits per heavy atom. The standard InChI is InChI=1S/C25H19F2N3O2/c26-18-13-14-20(27)22(15-18)28-24(31)23(17-8-2-1-3-9-17)30-25(32)29-21-12-6-10-16-7-4-5-11-19(16)21/h1-15,23H,(H,28,31)(H2,29,30,32)/t23-/m1/s1. The minimum Gasteiger partial charge on any atom is -0.322 e. The van der Waals surface area contributed by atoms with E-state index in [9.17, 15) is 18.4 Å². The van der Waals surface area contributed by atoms with Crippen LogP contribution < -0.4 is 16.0 Å². The van der Waals surface area contributed by atoms with Crippen molar-refractivity contribution in [3.8, 4) is 0 Å². The average Bonchev–Trinajstić information content (AvgIpc) is 2.80. The smallest absolute Gasteiger partial charge is 0.320 e. The zero-order chi connectivity index (χ0) is 22.5. The van der Waals surface area contributed by atoms with Crippen LogP contribution in [0.25, 0.3) is 10.8 Å². The fourth-order valence-electron chi connectivity index (χ4n) is 3.37. The van der Waals surface area contributed by atoms with Crippen molar-refractivity contribution in [3.05, 3.63) is 108 Å². The van der Waals surface area contributed by atoms with E-state index in [-0.39, 0.29) is 5.69 Å². The van der Waals surface area contributed by atoms with Crippen LogP contribution in [0, 0.1) is 11.6 Å². The number of rotatable bonds is 5. The van der Waals surface area contributed by atoms with Gasteiger partial charge in [-0.1, -0.05) is 66.7 Å². The lowest BCUT2D eigenvalue weighted by Crippen LogP contribution is -2.39. The van der Waals surface area contributed by atoms with E-state index in [0.29, 0.717) is 11.3 Å². The summed E-state index contributed by atoms with van der Waals surface area (Å²) in [6, 6.07) is 22.5. The third kappa shape index (κ3) is 4.73. The fraction of sp³-hybridized carbons (Fsp3) is 0.0400. The number of anilines is 2. The second-order valence-corrected chi connectivity index (χ2v) is 7.08. The molecule has 0 spiro atoms. The van der Waals surface area contributed by atoms with Gasteiger partial charge >= 0.3 is 6.03 Å². The number of halogens is 2. The molecule has 160 valence electrons. The number of urea groups is 1. The summed E-state index contributed by atoms with van der Waals surface area (Å²) in [5.41, 5.74) is 0.742. The van der Waals surface area contributed by atoms with Crippen LogP contribution in [0.5, 0.6) is 0 Å². The molecule has 0 aliphatic carbocycles. The Kier molecular flexibility index (Phi) is 6.07. The SMILES string of the molecule is O=C(Nc1cccc2ccccc12)N[C@@H](C(=O)Nc1cc(F)ccc1F)c1ccccc1. The summed E-state index contributed by atoms with van der Waals surface area (Å²) in [6.45, 7) is 0. The van der Waals surface area contributed by atoms with Crippen molar-refractivity contribution in [2.24, 2.45) is 0 Å². The fourth-order valence-corrected chi connectivity index (χ4v) is 3.37. The molecule has 7 heteroatoms. The number of hydrogen-bond donors (Lipinski definition) is 3. The van der Waals surface area contributed by atoms with E-state index in [1.807, 2.05) is 36.4 Å². The van der Waals surface area contributed by atoms with Gasteiger partial charge in [0.25, 0.3) is 5.91 Å². The predicted molar refractivity (Wildman–Crippen MR) is 120 cm³/mol. The number of carbonyl (C=O) groups is 2. The van der Waals surface area contributed by atoms with E-state index in [2.05, 4.69) is 16.0 Å². The molecule has 32 heavy (non-hydrogen) atoms. The van der Waals surface area contributed by atoms with Crippen LogP contribution in [0.1, 0.15) is 11.6 Å². The zero-order valence-electron chi connectivity index (χ0n) is 16.8. The molecule has 5 nitrogen and oxygen atoms in total. The number of carbonyl (C=O) groups excluding carboxylic acids is 2. The van der Waals surface area contributed by atoms with Crippen molar-refractivity contribution in [3.63, 3.8) is 0 Å². The van der Waals surface area contributed by atoms with Gasteiger partial charge in [-0.2, -0.15) is 0 Å². The number of benzene rings is 4. The van der Waals surface area contributed by atoms with Crippen LogP contribution in [0.15, 0.2) is 91.0 Å². The van der Waals surface area contributed by atoms with Crippen molar-refractivity contribution in [1.82, 2.24) is 5.32 Å². The number of fused-ring (bicyclic) bond motifs is 1. The molecular formula is C25H19F2N3O2. The Hall–Kier alpha value is -4.26. The first-order valence-corrected chi connectivity index (χ1v) is 9.87. The molecule has 0 fully saturated rings. The third-order valence-electron chi connectivity index (χ3n) is 4.89. The molecule has 0 saturated carbocycles. The molecule has 0 radical (unpaired) electrons. The Morgan fingerprint density at radius 2 is 1.44 bits per heavy atom. The molecule has 4 aromatic rings. The molecule has 4 aromatic carbocycles. The molecule has 0 aromatic heterocycles. The van der Waals surface area contributed by atoms with E-state index in [0.717, 1.165) is 29.0 Å². The second kappa shape index (κ2) is 9.26. The minimum atomic E-state index is -1.14.